The van der Waals surface area contributed by atoms with Crippen molar-refractivity contribution in [1.82, 2.24) is 10.2 Å². The van der Waals surface area contributed by atoms with Crippen LogP contribution in [0.3, 0.4) is 0 Å². The predicted octanol–water partition coefficient (Wildman–Crippen LogP) is 3.08. The molecule has 1 fully saturated rings. The topological polar surface area (TPSA) is 15.3 Å². The quantitative estimate of drug-likeness (QED) is 0.845. The first-order valence-electron chi connectivity index (χ1n) is 7.79. The molecule has 2 heteroatoms. The molecule has 2 nitrogen and oxygen atoms in total. The van der Waals surface area contributed by atoms with Crippen LogP contribution >= 0.6 is 0 Å². The van der Waals surface area contributed by atoms with Gasteiger partial charge in [-0.3, -0.25) is 4.90 Å². The normalized spacial score (nSPS) is 22.3. The Morgan fingerprint density at radius 2 is 2.05 bits per heavy atom. The molecule has 0 aromatic heterocycles. The summed E-state index contributed by atoms with van der Waals surface area (Å²) in [5, 5.41) is 3.37. The molecule has 106 valence electrons. The average molecular weight is 260 g/mol. The highest BCUT2D eigenvalue weighted by atomic mass is 15.2. The summed E-state index contributed by atoms with van der Waals surface area (Å²) in [7, 11) is 2.07. The van der Waals surface area contributed by atoms with E-state index in [0.717, 1.165) is 12.6 Å². The summed E-state index contributed by atoms with van der Waals surface area (Å²) in [4.78, 5) is 2.76. The van der Waals surface area contributed by atoms with Crippen LogP contribution in [0.2, 0.25) is 0 Å². The van der Waals surface area contributed by atoms with Gasteiger partial charge in [-0.2, -0.15) is 0 Å². The average Bonchev–Trinajstić information content (AvgIpc) is 2.47. The Morgan fingerprint density at radius 1 is 1.26 bits per heavy atom. The molecule has 0 spiro atoms. The molecule has 0 bridgehead atoms. The van der Waals surface area contributed by atoms with E-state index in [0.29, 0.717) is 6.04 Å². The van der Waals surface area contributed by atoms with E-state index in [9.17, 15) is 0 Å². The summed E-state index contributed by atoms with van der Waals surface area (Å²) >= 11 is 0. The summed E-state index contributed by atoms with van der Waals surface area (Å²) < 4.78 is 0. The Morgan fingerprint density at radius 3 is 2.74 bits per heavy atom. The van der Waals surface area contributed by atoms with Crippen molar-refractivity contribution >= 4 is 0 Å². The minimum absolute atomic E-state index is 0.695. The first-order valence-corrected chi connectivity index (χ1v) is 7.79. The first-order chi connectivity index (χ1) is 9.35. The maximum Gasteiger partial charge on any atom is 0.0223 e. The second-order valence-electron chi connectivity index (χ2n) is 5.70. The molecule has 2 rings (SSSR count). The molecule has 1 heterocycles. The van der Waals surface area contributed by atoms with Gasteiger partial charge in [0.05, 0.1) is 0 Å². The molecule has 0 radical (unpaired) electrons. The molecule has 0 amide bonds. The standard InChI is InChI=1S/C17H28N2/c1-3-16(13-15-9-5-4-6-10-15)19-12-8-7-11-17(19)14-18-2/h4-6,9-10,16-18H,3,7-8,11-14H2,1-2H3. The van der Waals surface area contributed by atoms with Crippen molar-refractivity contribution in [3.8, 4) is 0 Å². The van der Waals surface area contributed by atoms with Gasteiger partial charge in [0, 0.05) is 18.6 Å². The highest BCUT2D eigenvalue weighted by Crippen LogP contribution is 2.23. The number of nitrogens with zero attached hydrogens (tertiary/aromatic N) is 1. The fraction of sp³-hybridized carbons (Fsp3) is 0.647. The van der Waals surface area contributed by atoms with Crippen molar-refractivity contribution in [2.75, 3.05) is 20.1 Å². The molecule has 0 aliphatic carbocycles. The van der Waals surface area contributed by atoms with E-state index in [1.807, 2.05) is 0 Å². The molecule has 1 aromatic rings. The van der Waals surface area contributed by atoms with Gasteiger partial charge in [0.25, 0.3) is 0 Å². The summed E-state index contributed by atoms with van der Waals surface area (Å²) in [5.41, 5.74) is 1.48. The number of nitrogens with one attached hydrogen (secondary N) is 1. The first kappa shape index (κ1) is 14.5. The van der Waals surface area contributed by atoms with Crippen molar-refractivity contribution in [1.29, 1.82) is 0 Å². The fourth-order valence-electron chi connectivity index (χ4n) is 3.34. The van der Waals surface area contributed by atoms with Crippen LogP contribution in [-0.4, -0.2) is 37.1 Å². The Kier molecular flexibility index (Phi) is 5.87. The monoisotopic (exact) mass is 260 g/mol. The van der Waals surface area contributed by atoms with E-state index in [1.54, 1.807) is 0 Å². The van der Waals surface area contributed by atoms with Crippen LogP contribution in [0.4, 0.5) is 0 Å². The van der Waals surface area contributed by atoms with Crippen molar-refractivity contribution in [3.05, 3.63) is 35.9 Å². The van der Waals surface area contributed by atoms with Crippen LogP contribution in [0.1, 0.15) is 38.2 Å². The number of likely N-dealkylation sites (tertiary alicyclic amines) is 1. The second-order valence-corrected chi connectivity index (χ2v) is 5.70. The lowest BCUT2D eigenvalue weighted by Crippen LogP contribution is -2.50. The van der Waals surface area contributed by atoms with Gasteiger partial charge in [0.1, 0.15) is 0 Å². The summed E-state index contributed by atoms with van der Waals surface area (Å²) in [6, 6.07) is 12.4. The zero-order valence-electron chi connectivity index (χ0n) is 12.4. The molecule has 2 atom stereocenters. The van der Waals surface area contributed by atoms with Crippen molar-refractivity contribution in [2.45, 2.75) is 51.1 Å². The summed E-state index contributed by atoms with van der Waals surface area (Å²) in [6.45, 7) is 4.74. The molecule has 1 aromatic carbocycles. The Balaban J connectivity index is 2.02. The molecule has 1 saturated heterocycles. The van der Waals surface area contributed by atoms with Crippen LogP contribution in [0.25, 0.3) is 0 Å². The van der Waals surface area contributed by atoms with Gasteiger partial charge in [-0.15, -0.1) is 0 Å². The predicted molar refractivity (Wildman–Crippen MR) is 82.5 cm³/mol. The number of hydrogen-bond donors (Lipinski definition) is 1. The van der Waals surface area contributed by atoms with E-state index in [-0.39, 0.29) is 0 Å². The third kappa shape index (κ3) is 4.05. The van der Waals surface area contributed by atoms with Gasteiger partial charge in [0.2, 0.25) is 0 Å². The second kappa shape index (κ2) is 7.66. The smallest absolute Gasteiger partial charge is 0.0223 e. The van der Waals surface area contributed by atoms with Crippen molar-refractivity contribution in [3.63, 3.8) is 0 Å². The highest BCUT2D eigenvalue weighted by Gasteiger charge is 2.27. The molecule has 1 aliphatic rings. The molecule has 0 saturated carbocycles. The molecule has 19 heavy (non-hydrogen) atoms. The number of benzene rings is 1. The summed E-state index contributed by atoms with van der Waals surface area (Å²) in [6.07, 6.45) is 6.55. The minimum Gasteiger partial charge on any atom is -0.318 e. The molecule has 2 unspecified atom stereocenters. The zero-order valence-corrected chi connectivity index (χ0v) is 12.4. The molecule has 1 N–H and O–H groups in total. The van der Waals surface area contributed by atoms with Gasteiger partial charge in [-0.1, -0.05) is 43.7 Å². The number of rotatable bonds is 6. The van der Waals surface area contributed by atoms with Gasteiger partial charge >= 0.3 is 0 Å². The Hall–Kier alpha value is -0.860. The van der Waals surface area contributed by atoms with Crippen LogP contribution in [-0.2, 0) is 6.42 Å². The van der Waals surface area contributed by atoms with E-state index < -0.39 is 0 Å². The van der Waals surface area contributed by atoms with Gasteiger partial charge in [0.15, 0.2) is 0 Å². The van der Waals surface area contributed by atoms with Gasteiger partial charge in [-0.25, -0.2) is 0 Å². The van der Waals surface area contributed by atoms with E-state index in [1.165, 1.54) is 44.2 Å². The fourth-order valence-corrected chi connectivity index (χ4v) is 3.34. The van der Waals surface area contributed by atoms with E-state index in [2.05, 4.69) is 54.5 Å². The lowest BCUT2D eigenvalue weighted by molar-refractivity contribution is 0.0917. The maximum atomic E-state index is 3.37. The van der Waals surface area contributed by atoms with E-state index >= 15 is 0 Å². The van der Waals surface area contributed by atoms with Crippen molar-refractivity contribution in [2.24, 2.45) is 0 Å². The van der Waals surface area contributed by atoms with Crippen LogP contribution in [0.5, 0.6) is 0 Å². The number of likely N-dealkylation sites (N-methyl/N-ethyl adjacent to an activating group) is 1. The van der Waals surface area contributed by atoms with Crippen LogP contribution < -0.4 is 5.32 Å². The highest BCUT2D eigenvalue weighted by molar-refractivity contribution is 5.16. The summed E-state index contributed by atoms with van der Waals surface area (Å²) in [5.74, 6) is 0. The van der Waals surface area contributed by atoms with Gasteiger partial charge in [-0.05, 0) is 44.8 Å². The lowest BCUT2D eigenvalue weighted by Gasteiger charge is -2.41. The van der Waals surface area contributed by atoms with Crippen LogP contribution in [0, 0.1) is 0 Å². The largest absolute Gasteiger partial charge is 0.318 e. The lowest BCUT2D eigenvalue weighted by atomic mass is 9.95. The Bertz CT molecular complexity index is 348. The molecular weight excluding hydrogens is 232 g/mol. The van der Waals surface area contributed by atoms with Gasteiger partial charge < -0.3 is 5.32 Å². The SMILES string of the molecule is CCC(Cc1ccccc1)N1CCCCC1CNC. The minimum atomic E-state index is 0.695. The van der Waals surface area contributed by atoms with Crippen LogP contribution in [0.15, 0.2) is 30.3 Å². The van der Waals surface area contributed by atoms with E-state index in [4.69, 9.17) is 0 Å². The Labute approximate surface area is 118 Å². The third-order valence-electron chi connectivity index (χ3n) is 4.37. The molecular formula is C17H28N2. The number of hydrogen-bond acceptors (Lipinski definition) is 2. The number of piperidine rings is 1. The molecule has 1 aliphatic heterocycles. The van der Waals surface area contributed by atoms with Crippen molar-refractivity contribution < 1.29 is 0 Å². The zero-order chi connectivity index (χ0) is 13.5. The maximum absolute atomic E-state index is 3.37. The third-order valence-corrected chi connectivity index (χ3v) is 4.37.